The number of rotatable bonds is 6. The van der Waals surface area contributed by atoms with E-state index < -0.39 is 12.0 Å². The number of methoxy groups -OCH3 is 2. The highest BCUT2D eigenvalue weighted by atomic mass is 32.1. The number of thiol groups is 1. The third kappa shape index (κ3) is 3.66. The van der Waals surface area contributed by atoms with Crippen molar-refractivity contribution in [3.05, 3.63) is 29.3 Å². The molecule has 1 aromatic carbocycles. The molecule has 0 aliphatic heterocycles. The maximum atomic E-state index is 12.2. The summed E-state index contributed by atoms with van der Waals surface area (Å²) >= 11 is 4.04. The van der Waals surface area contributed by atoms with Crippen LogP contribution in [0.3, 0.4) is 0 Å². The van der Waals surface area contributed by atoms with E-state index in [-0.39, 0.29) is 11.7 Å². The van der Waals surface area contributed by atoms with Crippen molar-refractivity contribution >= 4 is 24.5 Å². The molecule has 5 nitrogen and oxygen atoms in total. The van der Waals surface area contributed by atoms with Crippen LogP contribution in [0.25, 0.3) is 0 Å². The number of aryl methyl sites for hydroxylation is 1. The molecule has 0 radical (unpaired) electrons. The van der Waals surface area contributed by atoms with Crippen molar-refractivity contribution in [2.75, 3.05) is 20.0 Å². The van der Waals surface area contributed by atoms with Crippen molar-refractivity contribution in [1.82, 2.24) is 5.32 Å². The average Bonchev–Trinajstić information content (AvgIpc) is 2.50. The van der Waals surface area contributed by atoms with Gasteiger partial charge in [0, 0.05) is 5.75 Å². The van der Waals surface area contributed by atoms with E-state index in [1.54, 1.807) is 12.1 Å². The lowest BCUT2D eigenvalue weighted by Crippen LogP contribution is -2.43. The Morgan fingerprint density at radius 3 is 2.55 bits per heavy atom. The Hall–Kier alpha value is -1.69. The van der Waals surface area contributed by atoms with Gasteiger partial charge in [-0.25, -0.2) is 4.79 Å². The van der Waals surface area contributed by atoms with E-state index in [1.807, 2.05) is 13.0 Å². The van der Waals surface area contributed by atoms with Crippen molar-refractivity contribution < 1.29 is 19.1 Å². The molecule has 1 atom stereocenters. The number of benzene rings is 1. The van der Waals surface area contributed by atoms with E-state index in [9.17, 15) is 9.59 Å². The Balaban J connectivity index is 3.00. The average molecular weight is 297 g/mol. The van der Waals surface area contributed by atoms with Crippen LogP contribution in [0.4, 0.5) is 0 Å². The molecule has 0 aromatic heterocycles. The molecule has 0 aliphatic carbocycles. The summed E-state index contributed by atoms with van der Waals surface area (Å²) in [6.07, 6.45) is 0.747. The molecule has 0 spiro atoms. The fourth-order valence-corrected chi connectivity index (χ4v) is 2.08. The van der Waals surface area contributed by atoms with Crippen molar-refractivity contribution in [2.45, 2.75) is 19.4 Å². The molecule has 1 aromatic rings. The molecule has 6 heteroatoms. The van der Waals surface area contributed by atoms with Gasteiger partial charge in [0.15, 0.2) is 0 Å². The molecule has 0 saturated carbocycles. The Bertz CT molecular complexity index is 490. The van der Waals surface area contributed by atoms with Gasteiger partial charge in [0.2, 0.25) is 0 Å². The quantitative estimate of drug-likeness (QED) is 0.616. The van der Waals surface area contributed by atoms with Gasteiger partial charge in [0.05, 0.1) is 19.8 Å². The van der Waals surface area contributed by atoms with Crippen molar-refractivity contribution in [2.24, 2.45) is 0 Å². The highest BCUT2D eigenvalue weighted by Gasteiger charge is 2.23. The standard InChI is InChI=1S/C14H19NO4S/c1-4-9-6-5-7-10(12(9)18-2)13(16)15-11(8-20)14(17)19-3/h5-7,11,20H,4,8H2,1-3H3,(H,15,16)/t11-/m1/s1. The number of esters is 1. The van der Waals surface area contributed by atoms with Crippen LogP contribution in [0.15, 0.2) is 18.2 Å². The van der Waals surface area contributed by atoms with Crippen LogP contribution >= 0.6 is 12.6 Å². The van der Waals surface area contributed by atoms with E-state index in [2.05, 4.69) is 22.7 Å². The van der Waals surface area contributed by atoms with Gasteiger partial charge in [-0.1, -0.05) is 19.1 Å². The van der Waals surface area contributed by atoms with Crippen molar-refractivity contribution in [3.63, 3.8) is 0 Å². The summed E-state index contributed by atoms with van der Waals surface area (Å²) in [4.78, 5) is 23.7. The maximum absolute atomic E-state index is 12.2. The minimum atomic E-state index is -0.786. The van der Waals surface area contributed by atoms with Crippen LogP contribution < -0.4 is 10.1 Å². The normalized spacial score (nSPS) is 11.6. The summed E-state index contributed by atoms with van der Waals surface area (Å²) in [6, 6.07) is 4.54. The predicted molar refractivity (Wildman–Crippen MR) is 79.5 cm³/mol. The molecular formula is C14H19NO4S. The Morgan fingerprint density at radius 1 is 1.35 bits per heavy atom. The molecule has 110 valence electrons. The third-order valence-electron chi connectivity index (χ3n) is 2.90. The highest BCUT2D eigenvalue weighted by Crippen LogP contribution is 2.24. The van der Waals surface area contributed by atoms with Crippen LogP contribution in [-0.4, -0.2) is 37.9 Å². The van der Waals surface area contributed by atoms with Gasteiger partial charge in [-0.15, -0.1) is 0 Å². The molecule has 0 aliphatic rings. The minimum Gasteiger partial charge on any atom is -0.496 e. The van der Waals surface area contributed by atoms with Gasteiger partial charge < -0.3 is 14.8 Å². The van der Waals surface area contributed by atoms with Crippen LogP contribution in [0.5, 0.6) is 5.75 Å². The van der Waals surface area contributed by atoms with E-state index >= 15 is 0 Å². The number of hydrogen-bond acceptors (Lipinski definition) is 5. The summed E-state index contributed by atoms with van der Waals surface area (Å²) in [7, 11) is 2.78. The zero-order chi connectivity index (χ0) is 15.1. The summed E-state index contributed by atoms with van der Waals surface area (Å²) in [5, 5.41) is 2.59. The lowest BCUT2D eigenvalue weighted by atomic mass is 10.1. The number of amides is 1. The number of hydrogen-bond donors (Lipinski definition) is 2. The minimum absolute atomic E-state index is 0.161. The molecule has 0 heterocycles. The molecule has 0 bridgehead atoms. The maximum Gasteiger partial charge on any atom is 0.329 e. The molecule has 0 saturated heterocycles. The Kier molecular flexibility index (Phi) is 6.38. The first-order valence-electron chi connectivity index (χ1n) is 6.24. The summed E-state index contributed by atoms with van der Waals surface area (Å²) in [5.74, 6) is -0.232. The second kappa shape index (κ2) is 7.79. The van der Waals surface area contributed by atoms with Gasteiger partial charge >= 0.3 is 5.97 Å². The van der Waals surface area contributed by atoms with Crippen LogP contribution in [-0.2, 0) is 16.0 Å². The fraction of sp³-hybridized carbons (Fsp3) is 0.429. The van der Waals surface area contributed by atoms with Crippen LogP contribution in [0, 0.1) is 0 Å². The third-order valence-corrected chi connectivity index (χ3v) is 3.26. The molecule has 1 rings (SSSR count). The number of ether oxygens (including phenoxy) is 2. The molecule has 0 unspecified atom stereocenters. The van der Waals surface area contributed by atoms with Gasteiger partial charge in [0.25, 0.3) is 5.91 Å². The molecule has 1 N–H and O–H groups in total. The van der Waals surface area contributed by atoms with Gasteiger partial charge in [-0.2, -0.15) is 12.6 Å². The smallest absolute Gasteiger partial charge is 0.329 e. The monoisotopic (exact) mass is 297 g/mol. The number of carbonyl (C=O) groups excluding carboxylic acids is 2. The topological polar surface area (TPSA) is 64.6 Å². The lowest BCUT2D eigenvalue weighted by Gasteiger charge is -2.16. The first kappa shape index (κ1) is 16.4. The lowest BCUT2D eigenvalue weighted by molar-refractivity contribution is -0.142. The van der Waals surface area contributed by atoms with Crippen LogP contribution in [0.1, 0.15) is 22.8 Å². The second-order valence-corrected chi connectivity index (χ2v) is 4.45. The Labute approximate surface area is 124 Å². The summed E-state index contributed by atoms with van der Waals surface area (Å²) in [6.45, 7) is 1.98. The van der Waals surface area contributed by atoms with Crippen molar-refractivity contribution in [1.29, 1.82) is 0 Å². The van der Waals surface area contributed by atoms with Crippen LogP contribution in [0.2, 0.25) is 0 Å². The van der Waals surface area contributed by atoms with Crippen molar-refractivity contribution in [3.8, 4) is 5.75 Å². The molecule has 20 heavy (non-hydrogen) atoms. The zero-order valence-corrected chi connectivity index (χ0v) is 12.7. The highest BCUT2D eigenvalue weighted by molar-refractivity contribution is 7.80. The van der Waals surface area contributed by atoms with E-state index in [0.717, 1.165) is 12.0 Å². The number of para-hydroxylation sites is 1. The Morgan fingerprint density at radius 2 is 2.05 bits per heavy atom. The first-order chi connectivity index (χ1) is 9.58. The zero-order valence-electron chi connectivity index (χ0n) is 11.8. The number of carbonyl (C=O) groups is 2. The van der Waals surface area contributed by atoms with E-state index in [1.165, 1.54) is 14.2 Å². The first-order valence-corrected chi connectivity index (χ1v) is 6.87. The molecular weight excluding hydrogens is 278 g/mol. The van der Waals surface area contributed by atoms with Gasteiger partial charge in [-0.3, -0.25) is 4.79 Å². The van der Waals surface area contributed by atoms with E-state index in [4.69, 9.17) is 4.74 Å². The van der Waals surface area contributed by atoms with E-state index in [0.29, 0.717) is 11.3 Å². The largest absolute Gasteiger partial charge is 0.496 e. The second-order valence-electron chi connectivity index (χ2n) is 4.08. The molecule has 1 amide bonds. The fourth-order valence-electron chi connectivity index (χ4n) is 1.84. The summed E-state index contributed by atoms with van der Waals surface area (Å²) in [5.41, 5.74) is 1.32. The summed E-state index contributed by atoms with van der Waals surface area (Å²) < 4.78 is 9.90. The van der Waals surface area contributed by atoms with Gasteiger partial charge in [0.1, 0.15) is 11.8 Å². The number of nitrogens with one attached hydrogen (secondary N) is 1. The SMILES string of the molecule is CCc1cccc(C(=O)N[C@H](CS)C(=O)OC)c1OC. The molecule has 0 fully saturated rings. The predicted octanol–water partition coefficient (Wildman–Crippen LogP) is 1.46. The van der Waals surface area contributed by atoms with Gasteiger partial charge in [-0.05, 0) is 18.1 Å².